The number of carboxylic acids is 2. The van der Waals surface area contributed by atoms with Crippen molar-refractivity contribution in [3.8, 4) is 0 Å². The van der Waals surface area contributed by atoms with E-state index in [4.69, 9.17) is 0 Å². The van der Waals surface area contributed by atoms with Crippen LogP contribution >= 0.6 is 0 Å². The van der Waals surface area contributed by atoms with Crippen LogP contribution in [0.3, 0.4) is 0 Å². The highest BCUT2D eigenvalue weighted by Gasteiger charge is 2.47. The Kier molecular flexibility index (Phi) is 3.88. The predicted octanol–water partition coefficient (Wildman–Crippen LogP) is 1.84. The van der Waals surface area contributed by atoms with E-state index in [1.165, 1.54) is 0 Å². The second-order valence-electron chi connectivity index (χ2n) is 5.15. The summed E-state index contributed by atoms with van der Waals surface area (Å²) in [6.45, 7) is 1.80. The largest absolute Gasteiger partial charge is 0.481 e. The van der Waals surface area contributed by atoms with Gasteiger partial charge in [0.15, 0.2) is 0 Å². The third-order valence-corrected chi connectivity index (χ3v) is 3.97. The molecule has 0 saturated heterocycles. The van der Waals surface area contributed by atoms with E-state index in [2.05, 4.69) is 0 Å². The molecule has 5 heteroatoms. The molecule has 0 unspecified atom stereocenters. The summed E-state index contributed by atoms with van der Waals surface area (Å²) >= 11 is 0. The molecule has 0 bridgehead atoms. The summed E-state index contributed by atoms with van der Waals surface area (Å²) < 4.78 is 0. The second kappa shape index (κ2) is 5.45. The predicted molar refractivity (Wildman–Crippen MR) is 70.4 cm³/mol. The lowest BCUT2D eigenvalue weighted by molar-refractivity contribution is -0.158. The molecule has 20 heavy (non-hydrogen) atoms. The number of hydrogen-bond acceptors (Lipinski definition) is 3. The molecule has 5 nitrogen and oxygen atoms in total. The average molecular weight is 276 g/mol. The number of benzene rings is 1. The van der Waals surface area contributed by atoms with E-state index in [1.54, 1.807) is 31.2 Å². The van der Waals surface area contributed by atoms with Crippen molar-refractivity contribution in [2.75, 3.05) is 0 Å². The van der Waals surface area contributed by atoms with E-state index in [1.807, 2.05) is 0 Å². The Morgan fingerprint density at radius 1 is 1.15 bits per heavy atom. The number of hydrogen-bond donors (Lipinski definition) is 2. The molecule has 2 N–H and O–H groups in total. The molecule has 106 valence electrons. The molecule has 1 saturated carbocycles. The summed E-state index contributed by atoms with van der Waals surface area (Å²) in [7, 11) is 0. The lowest BCUT2D eigenvalue weighted by Crippen LogP contribution is -2.42. The standard InChI is InChI=1S/C15H16O5/c1-8-4-2-3-5-9(8)12-11(16)7-6-10(14(17)18)13(12)15(19)20/h2-5,10,12-13H,6-7H2,1H3,(H,17,18)(H,19,20)/t10-,12+,13+/m0/s1. The maximum absolute atomic E-state index is 12.2. The first-order valence-electron chi connectivity index (χ1n) is 6.47. The average Bonchev–Trinajstić information content (AvgIpc) is 2.38. The molecule has 3 atom stereocenters. The SMILES string of the molecule is Cc1ccccc1[C@@H]1C(=O)CC[C@H](C(=O)O)[C@H]1C(=O)O. The van der Waals surface area contributed by atoms with Crippen molar-refractivity contribution < 1.29 is 24.6 Å². The molecule has 1 aromatic rings. The van der Waals surface area contributed by atoms with Crippen LogP contribution in [0.15, 0.2) is 24.3 Å². The van der Waals surface area contributed by atoms with Gasteiger partial charge in [0.1, 0.15) is 5.78 Å². The smallest absolute Gasteiger partial charge is 0.308 e. The van der Waals surface area contributed by atoms with E-state index >= 15 is 0 Å². The van der Waals surface area contributed by atoms with Crippen LogP contribution in [0.1, 0.15) is 29.9 Å². The van der Waals surface area contributed by atoms with Gasteiger partial charge in [0, 0.05) is 6.42 Å². The zero-order valence-corrected chi connectivity index (χ0v) is 11.1. The van der Waals surface area contributed by atoms with Crippen molar-refractivity contribution in [3.05, 3.63) is 35.4 Å². The van der Waals surface area contributed by atoms with Crippen LogP contribution in [-0.4, -0.2) is 27.9 Å². The van der Waals surface area contributed by atoms with Crippen LogP contribution in [0.5, 0.6) is 0 Å². The quantitative estimate of drug-likeness (QED) is 0.879. The summed E-state index contributed by atoms with van der Waals surface area (Å²) in [6.07, 6.45) is 0.202. The first-order chi connectivity index (χ1) is 9.43. The van der Waals surface area contributed by atoms with Crippen molar-refractivity contribution in [2.24, 2.45) is 11.8 Å². The van der Waals surface area contributed by atoms with Gasteiger partial charge in [0.25, 0.3) is 0 Å². The lowest BCUT2D eigenvalue weighted by Gasteiger charge is -2.33. The normalized spacial score (nSPS) is 26.2. The number of carboxylic acid groups (broad SMARTS) is 2. The zero-order chi connectivity index (χ0) is 14.9. The summed E-state index contributed by atoms with van der Waals surface area (Å²) in [4.78, 5) is 34.9. The van der Waals surface area contributed by atoms with Crippen molar-refractivity contribution in [1.82, 2.24) is 0 Å². The maximum Gasteiger partial charge on any atom is 0.308 e. The summed E-state index contributed by atoms with van der Waals surface area (Å²) in [6, 6.07) is 7.04. The van der Waals surface area contributed by atoms with E-state index < -0.39 is 29.7 Å². The van der Waals surface area contributed by atoms with E-state index in [0.29, 0.717) is 5.56 Å². The Labute approximate surface area is 116 Å². The molecule has 1 fully saturated rings. The van der Waals surface area contributed by atoms with Crippen molar-refractivity contribution in [2.45, 2.75) is 25.7 Å². The van der Waals surface area contributed by atoms with Crippen LogP contribution in [0.4, 0.5) is 0 Å². The van der Waals surface area contributed by atoms with E-state index in [0.717, 1.165) is 5.56 Å². The zero-order valence-electron chi connectivity index (χ0n) is 11.1. The van der Waals surface area contributed by atoms with E-state index in [-0.39, 0.29) is 18.6 Å². The fourth-order valence-electron chi connectivity index (χ4n) is 2.96. The van der Waals surface area contributed by atoms with Gasteiger partial charge in [-0.2, -0.15) is 0 Å². The number of ketones is 1. The summed E-state index contributed by atoms with van der Waals surface area (Å²) in [5.41, 5.74) is 1.43. The number of Topliss-reactive ketones (excluding diaryl/α,β-unsaturated/α-hetero) is 1. The minimum atomic E-state index is -1.22. The first-order valence-corrected chi connectivity index (χ1v) is 6.47. The maximum atomic E-state index is 12.2. The third kappa shape index (κ3) is 2.43. The lowest BCUT2D eigenvalue weighted by atomic mass is 9.68. The van der Waals surface area contributed by atoms with E-state index in [9.17, 15) is 24.6 Å². The summed E-state index contributed by atoms with van der Waals surface area (Å²) in [5, 5.41) is 18.6. The molecule has 0 amide bonds. The number of rotatable bonds is 3. The van der Waals surface area contributed by atoms with Crippen LogP contribution in [-0.2, 0) is 14.4 Å². The van der Waals surface area contributed by atoms with Gasteiger partial charge in [-0.1, -0.05) is 24.3 Å². The second-order valence-corrected chi connectivity index (χ2v) is 5.15. The summed E-state index contributed by atoms with van der Waals surface area (Å²) in [5.74, 6) is -5.65. The number of carbonyl (C=O) groups excluding carboxylic acids is 1. The molecule has 1 aliphatic carbocycles. The topological polar surface area (TPSA) is 91.7 Å². The molecule has 0 heterocycles. The Hall–Kier alpha value is -2.17. The fourth-order valence-corrected chi connectivity index (χ4v) is 2.96. The molecule has 1 aliphatic rings. The highest BCUT2D eigenvalue weighted by Crippen LogP contribution is 2.40. The molecule has 2 rings (SSSR count). The van der Waals surface area contributed by atoms with Crippen molar-refractivity contribution in [1.29, 1.82) is 0 Å². The van der Waals surface area contributed by atoms with Gasteiger partial charge in [-0.25, -0.2) is 0 Å². The molecule has 1 aromatic carbocycles. The molecule has 0 aliphatic heterocycles. The van der Waals surface area contributed by atoms with Crippen LogP contribution in [0.2, 0.25) is 0 Å². The number of aliphatic carboxylic acids is 2. The Balaban J connectivity index is 2.51. The number of carbonyl (C=O) groups is 3. The molecule has 0 aromatic heterocycles. The molecule has 0 radical (unpaired) electrons. The van der Waals surface area contributed by atoms with Crippen LogP contribution in [0, 0.1) is 18.8 Å². The highest BCUT2D eigenvalue weighted by molar-refractivity contribution is 5.95. The minimum absolute atomic E-state index is 0.0908. The highest BCUT2D eigenvalue weighted by atomic mass is 16.4. The van der Waals surface area contributed by atoms with Gasteiger partial charge >= 0.3 is 11.9 Å². The monoisotopic (exact) mass is 276 g/mol. The van der Waals surface area contributed by atoms with Crippen LogP contribution in [0.25, 0.3) is 0 Å². The fraction of sp³-hybridized carbons (Fsp3) is 0.400. The van der Waals surface area contributed by atoms with Gasteiger partial charge in [-0.05, 0) is 24.5 Å². The van der Waals surface area contributed by atoms with Gasteiger partial charge < -0.3 is 10.2 Å². The Morgan fingerprint density at radius 3 is 2.35 bits per heavy atom. The van der Waals surface area contributed by atoms with Gasteiger partial charge in [-0.15, -0.1) is 0 Å². The Morgan fingerprint density at radius 2 is 1.80 bits per heavy atom. The van der Waals surface area contributed by atoms with Crippen molar-refractivity contribution in [3.63, 3.8) is 0 Å². The molecular weight excluding hydrogens is 260 g/mol. The first kappa shape index (κ1) is 14.2. The van der Waals surface area contributed by atoms with Gasteiger partial charge in [-0.3, -0.25) is 14.4 Å². The van der Waals surface area contributed by atoms with Gasteiger partial charge in [0.2, 0.25) is 0 Å². The minimum Gasteiger partial charge on any atom is -0.481 e. The Bertz CT molecular complexity index is 563. The molecule has 0 spiro atoms. The number of aryl methyl sites for hydroxylation is 1. The van der Waals surface area contributed by atoms with Crippen molar-refractivity contribution >= 4 is 17.7 Å². The van der Waals surface area contributed by atoms with Crippen LogP contribution < -0.4 is 0 Å². The van der Waals surface area contributed by atoms with Gasteiger partial charge in [0.05, 0.1) is 17.8 Å². The third-order valence-electron chi connectivity index (χ3n) is 3.97. The molecular formula is C15H16O5.